The Balaban J connectivity index is 1.11. The molecule has 2 N–H and O–H groups in total. The molecule has 2 aromatic carbocycles. The molecule has 0 saturated heterocycles. The van der Waals surface area contributed by atoms with Gasteiger partial charge in [0.1, 0.15) is 5.82 Å². The van der Waals surface area contributed by atoms with Crippen LogP contribution in [0.25, 0.3) is 11.3 Å². The van der Waals surface area contributed by atoms with Crippen LogP contribution in [0.3, 0.4) is 0 Å². The molecule has 2 unspecified atom stereocenters. The van der Waals surface area contributed by atoms with Gasteiger partial charge in [0.2, 0.25) is 10.0 Å². The molecular formula is C29H32FN3O3S. The van der Waals surface area contributed by atoms with Crippen molar-refractivity contribution in [3.63, 3.8) is 0 Å². The summed E-state index contributed by atoms with van der Waals surface area (Å²) < 4.78 is 46.2. The second-order valence-corrected chi connectivity index (χ2v) is 13.6. The van der Waals surface area contributed by atoms with Gasteiger partial charge in [0.05, 0.1) is 36.1 Å². The van der Waals surface area contributed by atoms with E-state index in [0.29, 0.717) is 17.9 Å². The SMILES string of the molecule is O=S(=O)(Cc1ccccc1)NC1C2CC3CC1CC([C@H](O)C[C@@H]1c4c(F)cccc4-c4cncn41)(C3)C2. The lowest BCUT2D eigenvalue weighted by Gasteiger charge is -2.61. The fourth-order valence-corrected chi connectivity index (χ4v) is 9.94. The Kier molecular flexibility index (Phi) is 5.40. The molecule has 0 spiro atoms. The molecule has 0 radical (unpaired) electrons. The van der Waals surface area contributed by atoms with Gasteiger partial charge in [-0.05, 0) is 73.3 Å². The molecule has 4 saturated carbocycles. The van der Waals surface area contributed by atoms with E-state index in [1.54, 1.807) is 18.6 Å². The van der Waals surface area contributed by atoms with Crippen LogP contribution in [-0.4, -0.2) is 35.2 Å². The second kappa shape index (κ2) is 8.48. The number of fused-ring (bicyclic) bond motifs is 3. The summed E-state index contributed by atoms with van der Waals surface area (Å²) in [4.78, 5) is 4.29. The van der Waals surface area contributed by atoms with Crippen LogP contribution in [-0.2, 0) is 15.8 Å². The van der Waals surface area contributed by atoms with E-state index in [1.165, 1.54) is 6.07 Å². The monoisotopic (exact) mass is 521 g/mol. The number of halogens is 1. The number of nitrogens with zero attached hydrogens (tertiary/aromatic N) is 2. The van der Waals surface area contributed by atoms with E-state index >= 15 is 0 Å². The first-order chi connectivity index (χ1) is 17.8. The first-order valence-corrected chi connectivity index (χ1v) is 15.0. The van der Waals surface area contributed by atoms with E-state index in [0.717, 1.165) is 48.9 Å². The lowest BCUT2D eigenvalue weighted by Crippen LogP contribution is -2.61. The zero-order valence-electron chi connectivity index (χ0n) is 20.6. The lowest BCUT2D eigenvalue weighted by molar-refractivity contribution is -0.134. The molecule has 8 heteroatoms. The Hall–Kier alpha value is -2.55. The van der Waals surface area contributed by atoms with Crippen LogP contribution < -0.4 is 4.72 Å². The lowest BCUT2D eigenvalue weighted by atomic mass is 9.46. The van der Waals surface area contributed by atoms with Crippen LogP contribution in [0.2, 0.25) is 0 Å². The quantitative estimate of drug-likeness (QED) is 0.474. The first kappa shape index (κ1) is 23.6. The van der Waals surface area contributed by atoms with Crippen LogP contribution >= 0.6 is 0 Å². The van der Waals surface area contributed by atoms with Crippen molar-refractivity contribution in [2.24, 2.45) is 23.2 Å². The molecule has 4 aliphatic carbocycles. The molecule has 5 aliphatic rings. The molecule has 1 aliphatic heterocycles. The molecule has 4 atom stereocenters. The largest absolute Gasteiger partial charge is 0.392 e. The number of aliphatic hydroxyl groups excluding tert-OH is 1. The zero-order chi connectivity index (χ0) is 25.4. The van der Waals surface area contributed by atoms with Crippen molar-refractivity contribution in [1.82, 2.24) is 14.3 Å². The standard InChI is InChI=1S/C29H32FN3O3S/c30-23-8-4-7-22-25-15-31-17-33(25)24(27(22)23)11-26(34)29-12-19-9-20(13-29)28(21(10-19)14-29)32-37(35,36)16-18-5-2-1-3-6-18/h1-8,15,17,19-21,24,26,28,32,34H,9-14,16H2/t19?,20?,21?,24-,26-,28?,29?/m1/s1. The van der Waals surface area contributed by atoms with Gasteiger partial charge in [-0.1, -0.05) is 42.5 Å². The Labute approximate surface area is 217 Å². The van der Waals surface area contributed by atoms with Gasteiger partial charge < -0.3 is 9.67 Å². The van der Waals surface area contributed by atoms with E-state index in [2.05, 4.69) is 9.71 Å². The van der Waals surface area contributed by atoms with Gasteiger partial charge in [-0.2, -0.15) is 0 Å². The summed E-state index contributed by atoms with van der Waals surface area (Å²) >= 11 is 0. The van der Waals surface area contributed by atoms with Crippen LogP contribution in [0.1, 0.15) is 55.7 Å². The summed E-state index contributed by atoms with van der Waals surface area (Å²) in [6.45, 7) is 0. The van der Waals surface area contributed by atoms with Crippen molar-refractivity contribution < 1.29 is 17.9 Å². The Bertz CT molecular complexity index is 1420. The summed E-state index contributed by atoms with van der Waals surface area (Å²) in [6, 6.07) is 14.1. The van der Waals surface area contributed by atoms with Gasteiger partial charge in [-0.3, -0.25) is 0 Å². The fraction of sp³-hybridized carbons (Fsp3) is 0.483. The molecule has 37 heavy (non-hydrogen) atoms. The first-order valence-electron chi connectivity index (χ1n) is 13.3. The van der Waals surface area contributed by atoms with Gasteiger partial charge in [0, 0.05) is 17.2 Å². The number of hydrogen-bond acceptors (Lipinski definition) is 4. The molecule has 1 aromatic heterocycles. The van der Waals surface area contributed by atoms with Crippen molar-refractivity contribution >= 4 is 10.0 Å². The maximum atomic E-state index is 15.0. The van der Waals surface area contributed by atoms with Gasteiger partial charge >= 0.3 is 0 Å². The van der Waals surface area contributed by atoms with Crippen LogP contribution in [0, 0.1) is 29.0 Å². The molecule has 2 heterocycles. The number of aromatic nitrogens is 2. The summed E-state index contributed by atoms with van der Waals surface area (Å²) in [7, 11) is -3.47. The van der Waals surface area contributed by atoms with E-state index in [4.69, 9.17) is 0 Å². The van der Waals surface area contributed by atoms with Crippen molar-refractivity contribution in [3.05, 3.63) is 78.0 Å². The van der Waals surface area contributed by atoms with Crippen LogP contribution in [0.5, 0.6) is 0 Å². The van der Waals surface area contributed by atoms with Gasteiger partial charge in [0.15, 0.2) is 0 Å². The Morgan fingerprint density at radius 3 is 2.59 bits per heavy atom. The Morgan fingerprint density at radius 2 is 1.84 bits per heavy atom. The highest BCUT2D eigenvalue weighted by Gasteiger charge is 2.58. The third-order valence-corrected chi connectivity index (χ3v) is 11.0. The smallest absolute Gasteiger partial charge is 0.216 e. The summed E-state index contributed by atoms with van der Waals surface area (Å²) in [5.41, 5.74) is 2.94. The van der Waals surface area contributed by atoms with Gasteiger partial charge in [0.25, 0.3) is 0 Å². The normalized spacial score (nSPS) is 32.3. The Morgan fingerprint density at radius 1 is 1.08 bits per heavy atom. The third-order valence-electron chi connectivity index (χ3n) is 9.65. The van der Waals surface area contributed by atoms with Gasteiger partial charge in [-0.15, -0.1) is 0 Å². The topological polar surface area (TPSA) is 84.2 Å². The predicted octanol–water partition coefficient (Wildman–Crippen LogP) is 4.66. The zero-order valence-corrected chi connectivity index (χ0v) is 21.4. The van der Waals surface area contributed by atoms with E-state index in [1.807, 2.05) is 41.0 Å². The molecule has 0 amide bonds. The van der Waals surface area contributed by atoms with E-state index in [9.17, 15) is 17.9 Å². The maximum absolute atomic E-state index is 15.0. The minimum atomic E-state index is -3.47. The average molecular weight is 522 g/mol. The minimum Gasteiger partial charge on any atom is -0.392 e. The fourth-order valence-electron chi connectivity index (χ4n) is 8.42. The van der Waals surface area contributed by atoms with E-state index < -0.39 is 16.1 Å². The van der Waals surface area contributed by atoms with Crippen LogP contribution in [0.15, 0.2) is 61.1 Å². The van der Waals surface area contributed by atoms with Crippen molar-refractivity contribution in [1.29, 1.82) is 0 Å². The summed E-state index contributed by atoms with van der Waals surface area (Å²) in [6.07, 6.45) is 7.97. The number of hydrogen-bond donors (Lipinski definition) is 2. The second-order valence-electron chi connectivity index (χ2n) is 11.9. The molecule has 8 rings (SSSR count). The average Bonchev–Trinajstić information content (AvgIpc) is 3.44. The number of nitrogens with one attached hydrogen (secondary N) is 1. The molecule has 4 bridgehead atoms. The van der Waals surface area contributed by atoms with E-state index in [-0.39, 0.29) is 40.9 Å². The molecule has 4 fully saturated rings. The van der Waals surface area contributed by atoms with Crippen molar-refractivity contribution in [2.75, 3.05) is 0 Å². The molecule has 6 nitrogen and oxygen atoms in total. The number of benzene rings is 2. The van der Waals surface area contributed by atoms with Crippen molar-refractivity contribution in [3.8, 4) is 11.3 Å². The third kappa shape index (κ3) is 3.87. The number of imidazole rings is 1. The molecule has 3 aromatic rings. The predicted molar refractivity (Wildman–Crippen MR) is 138 cm³/mol. The molecular weight excluding hydrogens is 489 g/mol. The number of rotatable bonds is 7. The highest BCUT2D eigenvalue weighted by Crippen LogP contribution is 2.62. The number of aliphatic hydroxyl groups is 1. The maximum Gasteiger partial charge on any atom is 0.216 e. The van der Waals surface area contributed by atoms with Crippen molar-refractivity contribution in [2.45, 2.75) is 62.5 Å². The van der Waals surface area contributed by atoms with Gasteiger partial charge in [-0.25, -0.2) is 22.5 Å². The summed E-state index contributed by atoms with van der Waals surface area (Å²) in [5.74, 6) is 0.710. The van der Waals surface area contributed by atoms with Crippen LogP contribution in [0.4, 0.5) is 4.39 Å². The molecule has 194 valence electrons. The number of sulfonamides is 1. The highest BCUT2D eigenvalue weighted by atomic mass is 32.2. The summed E-state index contributed by atoms with van der Waals surface area (Å²) in [5, 5.41) is 11.8. The minimum absolute atomic E-state index is 0.0130. The highest BCUT2D eigenvalue weighted by molar-refractivity contribution is 7.88.